The number of carbonyl (C=O) groups excluding carboxylic acids is 5. The molecule has 1 aliphatic carbocycles. The second-order valence-corrected chi connectivity index (χ2v) is 7.12. The largest absolute Gasteiger partial charge is 0.462 e. The average Bonchev–Trinajstić information content (AvgIpc) is 3.28. The fourth-order valence-corrected chi connectivity index (χ4v) is 3.56. The van der Waals surface area contributed by atoms with Crippen molar-refractivity contribution in [3.63, 3.8) is 0 Å². The molecule has 30 heavy (non-hydrogen) atoms. The highest BCUT2D eigenvalue weighted by molar-refractivity contribution is 6.09. The smallest absolute Gasteiger partial charge is 0.338 e. The molecule has 1 saturated heterocycles. The summed E-state index contributed by atoms with van der Waals surface area (Å²) in [6.07, 6.45) is 2.79. The van der Waals surface area contributed by atoms with Crippen molar-refractivity contribution in [3.05, 3.63) is 29.8 Å². The van der Waals surface area contributed by atoms with E-state index in [2.05, 4.69) is 10.6 Å². The van der Waals surface area contributed by atoms with Crippen molar-refractivity contribution in [1.82, 2.24) is 10.2 Å². The zero-order chi connectivity index (χ0) is 21.7. The van der Waals surface area contributed by atoms with Gasteiger partial charge >= 0.3 is 18.0 Å². The second kappa shape index (κ2) is 8.93. The molecule has 160 valence electrons. The minimum absolute atomic E-state index is 0.258. The Kier molecular flexibility index (Phi) is 6.34. The number of ether oxygens (including phenoxy) is 2. The van der Waals surface area contributed by atoms with Crippen LogP contribution in [0.2, 0.25) is 0 Å². The maximum atomic E-state index is 12.5. The molecule has 3 rings (SSSR count). The lowest BCUT2D eigenvalue weighted by Crippen LogP contribution is -2.44. The maximum Gasteiger partial charge on any atom is 0.338 e. The molecule has 2 N–H and O–H groups in total. The first-order valence-electron chi connectivity index (χ1n) is 9.71. The van der Waals surface area contributed by atoms with E-state index in [9.17, 15) is 24.0 Å². The first-order chi connectivity index (χ1) is 14.3. The molecule has 1 saturated carbocycles. The van der Waals surface area contributed by atoms with Gasteiger partial charge in [-0.2, -0.15) is 0 Å². The molecule has 1 aromatic rings. The number of nitrogens with one attached hydrogen (secondary N) is 2. The van der Waals surface area contributed by atoms with Gasteiger partial charge in [0, 0.05) is 5.69 Å². The van der Waals surface area contributed by atoms with Crippen molar-refractivity contribution < 1.29 is 33.4 Å². The van der Waals surface area contributed by atoms with Gasteiger partial charge < -0.3 is 20.1 Å². The van der Waals surface area contributed by atoms with Gasteiger partial charge in [0.15, 0.2) is 6.61 Å². The molecular weight excluding hydrogens is 394 g/mol. The lowest BCUT2D eigenvalue weighted by molar-refractivity contribution is -0.150. The highest BCUT2D eigenvalue weighted by Crippen LogP contribution is 2.34. The summed E-state index contributed by atoms with van der Waals surface area (Å²) in [5, 5.41) is 5.19. The molecule has 10 nitrogen and oxygen atoms in total. The molecule has 1 spiro atoms. The number of hydrogen-bond donors (Lipinski definition) is 2. The van der Waals surface area contributed by atoms with E-state index in [4.69, 9.17) is 9.47 Å². The average molecular weight is 417 g/mol. The van der Waals surface area contributed by atoms with Crippen LogP contribution in [0.15, 0.2) is 24.3 Å². The van der Waals surface area contributed by atoms with Crippen LogP contribution in [0.25, 0.3) is 0 Å². The predicted molar refractivity (Wildman–Crippen MR) is 103 cm³/mol. The summed E-state index contributed by atoms with van der Waals surface area (Å²) in [6.45, 7) is 0.835. The number of rotatable bonds is 7. The first-order valence-corrected chi connectivity index (χ1v) is 9.71. The number of imide groups is 1. The minimum Gasteiger partial charge on any atom is -0.462 e. The van der Waals surface area contributed by atoms with Crippen LogP contribution in [0.1, 0.15) is 43.0 Å². The van der Waals surface area contributed by atoms with Crippen molar-refractivity contribution in [1.29, 1.82) is 0 Å². The van der Waals surface area contributed by atoms with E-state index in [1.807, 2.05) is 0 Å². The molecule has 2 fully saturated rings. The SMILES string of the molecule is CCOC(=O)c1ccc(NC(=O)COC(=O)CN2C(=O)NC3(CCCC3)C2=O)cc1. The topological polar surface area (TPSA) is 131 Å². The van der Waals surface area contributed by atoms with Gasteiger partial charge in [0.2, 0.25) is 0 Å². The van der Waals surface area contributed by atoms with Gasteiger partial charge in [0.25, 0.3) is 11.8 Å². The molecule has 0 radical (unpaired) electrons. The Bertz CT molecular complexity index is 860. The van der Waals surface area contributed by atoms with Crippen LogP contribution in [-0.2, 0) is 23.9 Å². The molecule has 10 heteroatoms. The normalized spacial score (nSPS) is 17.0. The van der Waals surface area contributed by atoms with Crippen LogP contribution >= 0.6 is 0 Å². The Morgan fingerprint density at radius 1 is 1.10 bits per heavy atom. The standard InChI is InChI=1S/C20H23N3O7/c1-2-29-17(26)13-5-7-14(8-6-13)21-15(24)12-30-16(25)11-23-18(27)20(22-19(23)28)9-3-4-10-20/h5-8H,2-4,9-12H2,1H3,(H,21,24)(H,22,28). The number of hydrogen-bond acceptors (Lipinski definition) is 7. The minimum atomic E-state index is -0.898. The number of urea groups is 1. The van der Waals surface area contributed by atoms with Crippen molar-refractivity contribution in [2.75, 3.05) is 25.1 Å². The van der Waals surface area contributed by atoms with Gasteiger partial charge in [-0.1, -0.05) is 12.8 Å². The van der Waals surface area contributed by atoms with Crippen molar-refractivity contribution >= 4 is 35.5 Å². The summed E-state index contributed by atoms with van der Waals surface area (Å²) in [7, 11) is 0. The van der Waals surface area contributed by atoms with Crippen LogP contribution in [0, 0.1) is 0 Å². The number of carbonyl (C=O) groups is 5. The molecule has 4 amide bonds. The summed E-state index contributed by atoms with van der Waals surface area (Å²) >= 11 is 0. The Morgan fingerprint density at radius 2 is 1.77 bits per heavy atom. The van der Waals surface area contributed by atoms with Crippen molar-refractivity contribution in [2.24, 2.45) is 0 Å². The lowest BCUT2D eigenvalue weighted by Gasteiger charge is -2.19. The second-order valence-electron chi connectivity index (χ2n) is 7.12. The fraction of sp³-hybridized carbons (Fsp3) is 0.450. The quantitative estimate of drug-likeness (QED) is 0.503. The molecule has 0 bridgehead atoms. The van der Waals surface area contributed by atoms with Crippen LogP contribution in [0.5, 0.6) is 0 Å². The van der Waals surface area contributed by atoms with Crippen molar-refractivity contribution in [2.45, 2.75) is 38.1 Å². The first kappa shape index (κ1) is 21.3. The third-order valence-corrected chi connectivity index (χ3v) is 5.03. The van der Waals surface area contributed by atoms with Gasteiger partial charge in [0.05, 0.1) is 12.2 Å². The predicted octanol–water partition coefficient (Wildman–Crippen LogP) is 1.21. The van der Waals surface area contributed by atoms with Crippen LogP contribution in [0.4, 0.5) is 10.5 Å². The summed E-state index contributed by atoms with van der Waals surface area (Å²) < 4.78 is 9.75. The highest BCUT2D eigenvalue weighted by Gasteiger charge is 2.52. The lowest BCUT2D eigenvalue weighted by atomic mass is 9.98. The summed E-state index contributed by atoms with van der Waals surface area (Å²) in [5.74, 6) is -2.35. The fourth-order valence-electron chi connectivity index (χ4n) is 3.56. The maximum absolute atomic E-state index is 12.5. The van der Waals surface area contributed by atoms with E-state index in [1.54, 1.807) is 6.92 Å². The Hall–Kier alpha value is -3.43. The third-order valence-electron chi connectivity index (χ3n) is 5.03. The molecule has 0 aromatic heterocycles. The van der Waals surface area contributed by atoms with E-state index < -0.39 is 48.5 Å². The van der Waals surface area contributed by atoms with E-state index >= 15 is 0 Å². The van der Waals surface area contributed by atoms with Crippen LogP contribution < -0.4 is 10.6 Å². The van der Waals surface area contributed by atoms with Crippen LogP contribution in [0.3, 0.4) is 0 Å². The van der Waals surface area contributed by atoms with Crippen molar-refractivity contribution in [3.8, 4) is 0 Å². The number of amides is 4. The summed E-state index contributed by atoms with van der Waals surface area (Å²) in [4.78, 5) is 61.0. The van der Waals surface area contributed by atoms with Crippen LogP contribution in [-0.4, -0.2) is 60.0 Å². The molecule has 1 aliphatic heterocycles. The number of nitrogens with zero attached hydrogens (tertiary/aromatic N) is 1. The Balaban J connectivity index is 1.45. The van der Waals surface area contributed by atoms with Gasteiger partial charge in [-0.15, -0.1) is 0 Å². The zero-order valence-corrected chi connectivity index (χ0v) is 16.6. The molecule has 0 atom stereocenters. The summed E-state index contributed by atoms with van der Waals surface area (Å²) in [6, 6.07) is 5.40. The molecule has 2 aliphatic rings. The van der Waals surface area contributed by atoms with Gasteiger partial charge in [-0.25, -0.2) is 9.59 Å². The van der Waals surface area contributed by atoms with E-state index in [1.165, 1.54) is 24.3 Å². The number of anilines is 1. The van der Waals surface area contributed by atoms with Gasteiger partial charge in [-0.3, -0.25) is 19.3 Å². The monoisotopic (exact) mass is 417 g/mol. The summed E-state index contributed by atoms with van der Waals surface area (Å²) in [5.41, 5.74) is -0.152. The van der Waals surface area contributed by atoms with E-state index in [0.29, 0.717) is 24.1 Å². The zero-order valence-electron chi connectivity index (χ0n) is 16.6. The Morgan fingerprint density at radius 3 is 2.40 bits per heavy atom. The number of esters is 2. The highest BCUT2D eigenvalue weighted by atomic mass is 16.5. The van der Waals surface area contributed by atoms with Gasteiger partial charge in [0.1, 0.15) is 12.1 Å². The molecule has 1 aromatic carbocycles. The Labute approximate surface area is 172 Å². The number of benzene rings is 1. The molecular formula is C20H23N3O7. The van der Waals surface area contributed by atoms with Gasteiger partial charge in [-0.05, 0) is 44.0 Å². The molecule has 0 unspecified atom stereocenters. The van der Waals surface area contributed by atoms with E-state index in [0.717, 1.165) is 17.7 Å². The molecule has 1 heterocycles. The third kappa shape index (κ3) is 4.58. The van der Waals surface area contributed by atoms with E-state index in [-0.39, 0.29) is 6.61 Å².